The van der Waals surface area contributed by atoms with Gasteiger partial charge in [0.05, 0.1) is 5.56 Å². The van der Waals surface area contributed by atoms with E-state index in [2.05, 4.69) is 0 Å². The third kappa shape index (κ3) is 2.65. The largest absolute Gasteiger partial charge is 0.430 e. The molecule has 0 spiro atoms. The van der Waals surface area contributed by atoms with E-state index in [0.29, 0.717) is 5.56 Å². The Morgan fingerprint density at radius 2 is 2.00 bits per heavy atom. The summed E-state index contributed by atoms with van der Waals surface area (Å²) in [6.07, 6.45) is 1.36. The molecule has 1 aromatic carbocycles. The van der Waals surface area contributed by atoms with E-state index < -0.39 is 0 Å². The first kappa shape index (κ1) is 9.25. The van der Waals surface area contributed by atoms with Gasteiger partial charge in [-0.25, -0.2) is 4.79 Å². The minimum atomic E-state index is -0.330. The molecule has 0 saturated heterocycles. The molecule has 0 N–H and O–H groups in total. The number of hydrogen-bond acceptors (Lipinski definition) is 2. The normalized spacial score (nSPS) is 10.1. The molecule has 0 atom stereocenters. The fourth-order valence-electron chi connectivity index (χ4n) is 0.730. The van der Waals surface area contributed by atoms with Gasteiger partial charge in [0.2, 0.25) is 0 Å². The molecule has 0 saturated carbocycles. The van der Waals surface area contributed by atoms with E-state index in [9.17, 15) is 4.79 Å². The maximum Gasteiger partial charge on any atom is 0.342 e. The van der Waals surface area contributed by atoms with Gasteiger partial charge in [0.1, 0.15) is 6.26 Å². The van der Waals surface area contributed by atoms with Crippen LogP contribution in [0.5, 0.6) is 0 Å². The van der Waals surface area contributed by atoms with Crippen LogP contribution in [0, 0.1) is 0 Å². The summed E-state index contributed by atoms with van der Waals surface area (Å²) in [5, 5.41) is 0. The van der Waals surface area contributed by atoms with E-state index in [1.165, 1.54) is 6.26 Å². The van der Waals surface area contributed by atoms with Crippen molar-refractivity contribution < 1.29 is 9.53 Å². The van der Waals surface area contributed by atoms with Crippen LogP contribution in [0.15, 0.2) is 40.7 Å². The van der Waals surface area contributed by atoms with Gasteiger partial charge in [0, 0.05) is 4.08 Å². The molecule has 0 heterocycles. The lowest BCUT2D eigenvalue weighted by atomic mass is 10.2. The van der Waals surface area contributed by atoms with Crippen molar-refractivity contribution in [1.29, 1.82) is 0 Å². The number of hydrogen-bond donors (Lipinski definition) is 0. The molecule has 1 aromatic rings. The van der Waals surface area contributed by atoms with Crippen LogP contribution in [0.1, 0.15) is 10.4 Å². The van der Waals surface area contributed by atoms with Gasteiger partial charge in [-0.05, 0) is 34.7 Å². The van der Waals surface area contributed by atoms with Crippen molar-refractivity contribution in [2.45, 2.75) is 0 Å². The van der Waals surface area contributed by atoms with E-state index in [1.807, 2.05) is 28.7 Å². The summed E-state index contributed by atoms with van der Waals surface area (Å²) in [6, 6.07) is 8.87. The highest BCUT2D eigenvalue weighted by molar-refractivity contribution is 14.1. The molecule has 0 aliphatic rings. The van der Waals surface area contributed by atoms with E-state index in [4.69, 9.17) is 4.74 Å². The average molecular weight is 274 g/mol. The van der Waals surface area contributed by atoms with E-state index >= 15 is 0 Å². The Kier molecular flexibility index (Phi) is 3.79. The second-order valence-corrected chi connectivity index (χ2v) is 2.75. The smallest absolute Gasteiger partial charge is 0.342 e. The van der Waals surface area contributed by atoms with Gasteiger partial charge in [0.15, 0.2) is 0 Å². The zero-order valence-corrected chi connectivity index (χ0v) is 8.39. The van der Waals surface area contributed by atoms with Crippen LogP contribution in [0.4, 0.5) is 0 Å². The van der Waals surface area contributed by atoms with Crippen molar-refractivity contribution in [1.82, 2.24) is 0 Å². The van der Waals surface area contributed by atoms with Gasteiger partial charge >= 0.3 is 5.97 Å². The second-order valence-electron chi connectivity index (χ2n) is 2.03. The van der Waals surface area contributed by atoms with Crippen molar-refractivity contribution in [3.63, 3.8) is 0 Å². The number of benzene rings is 1. The fourth-order valence-corrected chi connectivity index (χ4v) is 0.877. The first-order valence-electron chi connectivity index (χ1n) is 3.36. The minimum Gasteiger partial charge on any atom is -0.430 e. The van der Waals surface area contributed by atoms with Crippen molar-refractivity contribution in [3.05, 3.63) is 46.2 Å². The molecule has 0 bridgehead atoms. The standard InChI is InChI=1S/C9H7IO2/c10-6-7-12-9(11)8-4-2-1-3-5-8/h1-7H/b7-6+. The number of esters is 1. The second kappa shape index (κ2) is 4.92. The molecule has 0 aliphatic carbocycles. The van der Waals surface area contributed by atoms with Crippen molar-refractivity contribution in [2.75, 3.05) is 0 Å². The molecule has 12 heavy (non-hydrogen) atoms. The third-order valence-electron chi connectivity index (χ3n) is 1.24. The molecule has 2 nitrogen and oxygen atoms in total. The molecule has 0 fully saturated rings. The number of rotatable bonds is 2. The Labute approximate surface area is 84.4 Å². The summed E-state index contributed by atoms with van der Waals surface area (Å²) in [4.78, 5) is 11.1. The van der Waals surface area contributed by atoms with Crippen molar-refractivity contribution in [2.24, 2.45) is 0 Å². The maximum absolute atomic E-state index is 11.1. The fraction of sp³-hybridized carbons (Fsp3) is 0. The third-order valence-corrected chi connectivity index (χ3v) is 1.53. The molecule has 0 aromatic heterocycles. The Morgan fingerprint density at radius 3 is 2.58 bits per heavy atom. The van der Waals surface area contributed by atoms with E-state index in [0.717, 1.165) is 0 Å². The lowest BCUT2D eigenvalue weighted by Crippen LogP contribution is -1.99. The van der Waals surface area contributed by atoms with Crippen LogP contribution in [0.2, 0.25) is 0 Å². The highest BCUT2D eigenvalue weighted by Gasteiger charge is 2.02. The number of halogens is 1. The molecular weight excluding hydrogens is 267 g/mol. The first-order valence-corrected chi connectivity index (χ1v) is 4.60. The first-order chi connectivity index (χ1) is 5.84. The summed E-state index contributed by atoms with van der Waals surface area (Å²) >= 11 is 1.98. The van der Waals surface area contributed by atoms with E-state index in [1.54, 1.807) is 28.3 Å². The van der Waals surface area contributed by atoms with Crippen molar-refractivity contribution in [3.8, 4) is 0 Å². The maximum atomic E-state index is 11.1. The number of ether oxygens (including phenoxy) is 1. The van der Waals surface area contributed by atoms with Crippen LogP contribution in [0.3, 0.4) is 0 Å². The highest BCUT2D eigenvalue weighted by Crippen LogP contribution is 2.01. The number of carbonyl (C=O) groups excluding carboxylic acids is 1. The topological polar surface area (TPSA) is 26.3 Å². The Balaban J connectivity index is 2.66. The number of carbonyl (C=O) groups is 1. The molecule has 0 radical (unpaired) electrons. The van der Waals surface area contributed by atoms with E-state index in [-0.39, 0.29) is 5.97 Å². The molecule has 0 unspecified atom stereocenters. The average Bonchev–Trinajstić information content (AvgIpc) is 2.15. The van der Waals surface area contributed by atoms with Gasteiger partial charge in [-0.3, -0.25) is 0 Å². The van der Waals surface area contributed by atoms with Gasteiger partial charge in [-0.15, -0.1) is 0 Å². The predicted molar refractivity (Wildman–Crippen MR) is 55.0 cm³/mol. The minimum absolute atomic E-state index is 0.330. The van der Waals surface area contributed by atoms with Gasteiger partial charge in [-0.2, -0.15) is 0 Å². The molecule has 0 aliphatic heterocycles. The van der Waals surface area contributed by atoms with Crippen LogP contribution in [-0.4, -0.2) is 5.97 Å². The van der Waals surface area contributed by atoms with Crippen LogP contribution >= 0.6 is 22.6 Å². The molecule has 62 valence electrons. The SMILES string of the molecule is O=C(O/C=C/I)c1ccccc1. The lowest BCUT2D eigenvalue weighted by Gasteiger charge is -1.96. The molecular formula is C9H7IO2. The Bertz CT molecular complexity index is 280. The Hall–Kier alpha value is -0.840. The molecule has 1 rings (SSSR count). The van der Waals surface area contributed by atoms with Crippen LogP contribution in [-0.2, 0) is 4.74 Å². The summed E-state index contributed by atoms with van der Waals surface area (Å²) < 4.78 is 6.39. The van der Waals surface area contributed by atoms with Crippen LogP contribution in [0.25, 0.3) is 0 Å². The Morgan fingerprint density at radius 1 is 1.33 bits per heavy atom. The zero-order valence-electron chi connectivity index (χ0n) is 6.24. The quantitative estimate of drug-likeness (QED) is 0.471. The van der Waals surface area contributed by atoms with Gasteiger partial charge < -0.3 is 4.74 Å². The summed E-state index contributed by atoms with van der Waals surface area (Å²) in [5.74, 6) is -0.330. The zero-order chi connectivity index (χ0) is 8.81. The van der Waals surface area contributed by atoms with Crippen LogP contribution < -0.4 is 0 Å². The highest BCUT2D eigenvalue weighted by atomic mass is 127. The summed E-state index contributed by atoms with van der Waals surface area (Å²) in [7, 11) is 0. The molecule has 3 heteroatoms. The predicted octanol–water partition coefficient (Wildman–Crippen LogP) is 2.75. The van der Waals surface area contributed by atoms with Gasteiger partial charge in [-0.1, -0.05) is 18.2 Å². The summed E-state index contributed by atoms with van der Waals surface area (Å²) in [5.41, 5.74) is 0.562. The lowest BCUT2D eigenvalue weighted by molar-refractivity contribution is 0.0664. The van der Waals surface area contributed by atoms with Gasteiger partial charge in [0.25, 0.3) is 0 Å². The van der Waals surface area contributed by atoms with Crippen molar-refractivity contribution >= 4 is 28.6 Å². The monoisotopic (exact) mass is 274 g/mol. The molecule has 0 amide bonds. The summed E-state index contributed by atoms with van der Waals surface area (Å²) in [6.45, 7) is 0.